The Balaban J connectivity index is 0.000000646. The first-order chi connectivity index (χ1) is 20.2. The Labute approximate surface area is 244 Å². The van der Waals surface area contributed by atoms with Crippen molar-refractivity contribution in [3.8, 4) is 0 Å². The Kier molecular flexibility index (Phi) is 11.2. The van der Waals surface area contributed by atoms with Gasteiger partial charge in [0.25, 0.3) is 5.91 Å². The van der Waals surface area contributed by atoms with Gasteiger partial charge in [-0.1, -0.05) is 36.4 Å². The van der Waals surface area contributed by atoms with Gasteiger partial charge in [0.05, 0.1) is 11.3 Å². The average Bonchev–Trinajstić information content (AvgIpc) is 2.96. The number of hydrogen-bond donors (Lipinski definition) is 4. The number of amides is 1. The normalized spacial score (nSPS) is 20.2. The number of fused-ring (bicyclic) bond motifs is 3. The van der Waals surface area contributed by atoms with Crippen LogP contribution in [0.15, 0.2) is 59.5 Å². The van der Waals surface area contributed by atoms with Crippen molar-refractivity contribution >= 4 is 33.8 Å². The molecule has 3 saturated heterocycles. The van der Waals surface area contributed by atoms with Crippen molar-refractivity contribution in [1.82, 2.24) is 14.9 Å². The number of ether oxygens (including phenoxy) is 1. The van der Waals surface area contributed by atoms with Crippen LogP contribution in [0.2, 0.25) is 0 Å². The highest BCUT2D eigenvalue weighted by molar-refractivity contribution is 7.89. The molecule has 3 aliphatic heterocycles. The first kappa shape index (κ1) is 33.5. The maximum Gasteiger partial charge on any atom is 0.490 e. The summed E-state index contributed by atoms with van der Waals surface area (Å²) in [7, 11) is -4.23. The Bertz CT molecular complexity index is 1410. The number of benzene rings is 2. The quantitative estimate of drug-likeness (QED) is 0.285. The van der Waals surface area contributed by atoms with E-state index in [0.29, 0.717) is 12.1 Å². The number of piperidine rings is 3. The van der Waals surface area contributed by atoms with Crippen molar-refractivity contribution in [3.05, 3.63) is 65.7 Å². The molecular formula is C27H30F3N3O9S. The summed E-state index contributed by atoms with van der Waals surface area (Å²) in [6.07, 6.45) is -3.73. The minimum absolute atomic E-state index is 0.0504. The van der Waals surface area contributed by atoms with Crippen LogP contribution in [0.1, 0.15) is 41.2 Å². The van der Waals surface area contributed by atoms with E-state index in [-0.39, 0.29) is 35.4 Å². The summed E-state index contributed by atoms with van der Waals surface area (Å²) in [4.78, 5) is 47.2. The van der Waals surface area contributed by atoms with Crippen LogP contribution >= 0.6 is 0 Å². The fourth-order valence-electron chi connectivity index (χ4n) is 4.57. The lowest BCUT2D eigenvalue weighted by molar-refractivity contribution is -0.192. The van der Waals surface area contributed by atoms with E-state index >= 15 is 0 Å². The average molecular weight is 630 g/mol. The number of nitrogens with one attached hydrogen (secondary N) is 2. The highest BCUT2D eigenvalue weighted by Crippen LogP contribution is 2.31. The number of nitrogens with zero attached hydrogens (tertiary/aromatic N) is 1. The molecule has 16 heteroatoms. The van der Waals surface area contributed by atoms with Gasteiger partial charge in [0.2, 0.25) is 10.0 Å². The van der Waals surface area contributed by atoms with E-state index < -0.39 is 46.1 Å². The third-order valence-corrected chi connectivity index (χ3v) is 8.20. The maximum absolute atomic E-state index is 13.3. The molecule has 3 aliphatic rings. The third-order valence-electron chi connectivity index (χ3n) is 6.78. The summed E-state index contributed by atoms with van der Waals surface area (Å²) in [5, 5.41) is 18.3. The smallest absolute Gasteiger partial charge is 0.481 e. The number of carbonyl (C=O) groups is 4. The van der Waals surface area contributed by atoms with E-state index in [1.807, 2.05) is 0 Å². The van der Waals surface area contributed by atoms with Gasteiger partial charge in [0.15, 0.2) is 0 Å². The standard InChI is InChI=1S/C25H29N3O7S.C2HF3O2/c29-22(30)9-12-26-24(31)19-7-4-8-20(15-19)36(33,34)27-23(18-5-2-1-3-6-18)25(32)35-21-16-28-13-10-17(21)11-14-28;3-2(4,5)1(6)7/h1-8,15,17,21,23,27H,9-14,16H2,(H,26,31)(H,29,30);(H,6,7)/t21-,23?;/m0./s1. The molecule has 2 bridgehead atoms. The van der Waals surface area contributed by atoms with Crippen LogP contribution in [0.4, 0.5) is 13.2 Å². The van der Waals surface area contributed by atoms with Gasteiger partial charge in [-0.2, -0.15) is 17.9 Å². The number of esters is 1. The predicted octanol–water partition coefficient (Wildman–Crippen LogP) is 2.18. The molecule has 5 rings (SSSR count). The molecule has 2 aromatic rings. The van der Waals surface area contributed by atoms with E-state index in [2.05, 4.69) is 14.9 Å². The summed E-state index contributed by atoms with van der Waals surface area (Å²) < 4.78 is 66.6. The number of halogens is 3. The molecule has 43 heavy (non-hydrogen) atoms. The fraction of sp³-hybridized carbons (Fsp3) is 0.407. The lowest BCUT2D eigenvalue weighted by atomic mass is 9.86. The molecule has 2 atom stereocenters. The zero-order chi connectivity index (χ0) is 31.8. The van der Waals surface area contributed by atoms with E-state index in [1.54, 1.807) is 30.3 Å². The van der Waals surface area contributed by atoms with Crippen molar-refractivity contribution in [3.63, 3.8) is 0 Å². The molecule has 0 spiro atoms. The van der Waals surface area contributed by atoms with E-state index in [1.165, 1.54) is 24.3 Å². The first-order valence-electron chi connectivity index (χ1n) is 13.1. The van der Waals surface area contributed by atoms with Gasteiger partial charge in [-0.05, 0) is 55.6 Å². The summed E-state index contributed by atoms with van der Waals surface area (Å²) in [6, 6.07) is 12.5. The first-order valence-corrected chi connectivity index (χ1v) is 14.6. The minimum atomic E-state index is -5.08. The number of carboxylic acids is 2. The Hall–Kier alpha value is -4.02. The summed E-state index contributed by atoms with van der Waals surface area (Å²) in [6.45, 7) is 2.51. The molecule has 3 fully saturated rings. The summed E-state index contributed by atoms with van der Waals surface area (Å²) in [5.74, 6) is -4.83. The second-order valence-electron chi connectivity index (χ2n) is 9.81. The van der Waals surface area contributed by atoms with Crippen molar-refractivity contribution in [2.45, 2.75) is 42.5 Å². The summed E-state index contributed by atoms with van der Waals surface area (Å²) in [5.41, 5.74) is 0.490. The van der Waals surface area contributed by atoms with Crippen LogP contribution in [-0.4, -0.2) is 85.8 Å². The maximum atomic E-state index is 13.3. The van der Waals surface area contributed by atoms with Crippen LogP contribution in [-0.2, 0) is 29.1 Å². The van der Waals surface area contributed by atoms with E-state index in [0.717, 1.165) is 25.9 Å². The van der Waals surface area contributed by atoms with Gasteiger partial charge in [0, 0.05) is 18.7 Å². The Morgan fingerprint density at radius 3 is 2.16 bits per heavy atom. The van der Waals surface area contributed by atoms with Crippen LogP contribution in [0.25, 0.3) is 0 Å². The Morgan fingerprint density at radius 2 is 1.63 bits per heavy atom. The molecule has 0 aliphatic carbocycles. The topological polar surface area (TPSA) is 179 Å². The highest BCUT2D eigenvalue weighted by Gasteiger charge is 2.39. The molecule has 1 amide bonds. The van der Waals surface area contributed by atoms with Crippen LogP contribution in [0, 0.1) is 5.92 Å². The van der Waals surface area contributed by atoms with Crippen molar-refractivity contribution < 1.29 is 55.7 Å². The van der Waals surface area contributed by atoms with E-state index in [9.17, 15) is 36.0 Å². The predicted molar refractivity (Wildman–Crippen MR) is 143 cm³/mol. The number of aliphatic carboxylic acids is 2. The molecule has 12 nitrogen and oxygen atoms in total. The largest absolute Gasteiger partial charge is 0.490 e. The number of alkyl halides is 3. The molecule has 4 N–H and O–H groups in total. The van der Waals surface area contributed by atoms with Crippen LogP contribution in [0.3, 0.4) is 0 Å². The lowest BCUT2D eigenvalue weighted by Crippen LogP contribution is -2.52. The van der Waals surface area contributed by atoms with Gasteiger partial charge >= 0.3 is 24.1 Å². The van der Waals surface area contributed by atoms with Crippen molar-refractivity contribution in [2.75, 3.05) is 26.2 Å². The molecule has 0 saturated carbocycles. The Morgan fingerprint density at radius 1 is 1.00 bits per heavy atom. The molecule has 2 aromatic carbocycles. The number of sulfonamides is 1. The number of carboxylic acid groups (broad SMARTS) is 2. The third kappa shape index (κ3) is 9.76. The summed E-state index contributed by atoms with van der Waals surface area (Å²) >= 11 is 0. The number of rotatable bonds is 10. The van der Waals surface area contributed by atoms with Crippen LogP contribution < -0.4 is 10.0 Å². The second kappa shape index (κ2) is 14.4. The SMILES string of the molecule is O=C(O)C(F)(F)F.O=C(O)CCNC(=O)c1cccc(S(=O)(=O)NC(C(=O)O[C@H]2CN3CCC2CC3)c2ccccc2)c1. The molecule has 3 heterocycles. The van der Waals surface area contributed by atoms with Gasteiger partial charge < -0.3 is 20.3 Å². The van der Waals surface area contributed by atoms with E-state index in [4.69, 9.17) is 19.7 Å². The van der Waals surface area contributed by atoms with Gasteiger partial charge in [-0.15, -0.1) is 0 Å². The number of carbonyl (C=O) groups excluding carboxylic acids is 2. The number of hydrogen-bond acceptors (Lipinski definition) is 8. The molecular weight excluding hydrogens is 599 g/mol. The molecule has 234 valence electrons. The highest BCUT2D eigenvalue weighted by atomic mass is 32.2. The monoisotopic (exact) mass is 629 g/mol. The second-order valence-corrected chi connectivity index (χ2v) is 11.5. The lowest BCUT2D eigenvalue weighted by Gasteiger charge is -2.44. The zero-order valence-electron chi connectivity index (χ0n) is 22.6. The zero-order valence-corrected chi connectivity index (χ0v) is 23.4. The minimum Gasteiger partial charge on any atom is -0.481 e. The van der Waals surface area contributed by atoms with Crippen molar-refractivity contribution in [2.24, 2.45) is 5.92 Å². The molecule has 0 radical (unpaired) electrons. The molecule has 1 unspecified atom stereocenters. The van der Waals surface area contributed by atoms with Gasteiger partial charge in [0.1, 0.15) is 12.1 Å². The van der Waals surface area contributed by atoms with Gasteiger partial charge in [-0.3, -0.25) is 14.5 Å². The van der Waals surface area contributed by atoms with Gasteiger partial charge in [-0.25, -0.2) is 18.0 Å². The molecule has 0 aromatic heterocycles. The van der Waals surface area contributed by atoms with Crippen molar-refractivity contribution in [1.29, 1.82) is 0 Å². The van der Waals surface area contributed by atoms with Crippen LogP contribution in [0.5, 0.6) is 0 Å². The fourth-order valence-corrected chi connectivity index (χ4v) is 5.79.